The van der Waals surface area contributed by atoms with Crippen LogP contribution in [0.25, 0.3) is 0 Å². The lowest BCUT2D eigenvalue weighted by Gasteiger charge is -2.23. The zero-order valence-corrected chi connectivity index (χ0v) is 12.5. The monoisotopic (exact) mass is 255 g/mol. The minimum Gasteiger partial charge on any atom is -0.308 e. The number of nitrogens with zero attached hydrogens (tertiary/aromatic N) is 2. The van der Waals surface area contributed by atoms with E-state index in [0.29, 0.717) is 6.04 Å². The fraction of sp³-hybridized carbons (Fsp3) is 0.769. The van der Waals surface area contributed by atoms with Gasteiger partial charge in [-0.1, -0.05) is 13.8 Å². The van der Waals surface area contributed by atoms with Crippen LogP contribution in [0.15, 0.2) is 5.38 Å². The highest BCUT2D eigenvalue weighted by Crippen LogP contribution is 2.10. The van der Waals surface area contributed by atoms with Crippen LogP contribution in [0.1, 0.15) is 31.0 Å². The van der Waals surface area contributed by atoms with E-state index in [9.17, 15) is 0 Å². The summed E-state index contributed by atoms with van der Waals surface area (Å²) in [6, 6.07) is 0.550. The summed E-state index contributed by atoms with van der Waals surface area (Å²) in [5.41, 5.74) is 1.12. The first kappa shape index (κ1) is 14.6. The van der Waals surface area contributed by atoms with Gasteiger partial charge >= 0.3 is 0 Å². The fourth-order valence-corrected chi connectivity index (χ4v) is 2.67. The molecule has 1 aromatic heterocycles. The molecule has 17 heavy (non-hydrogen) atoms. The molecule has 3 nitrogen and oxygen atoms in total. The number of thiazole rings is 1. The van der Waals surface area contributed by atoms with Crippen LogP contribution in [0.4, 0.5) is 0 Å². The molecule has 1 heterocycles. The fourth-order valence-electron chi connectivity index (χ4n) is 1.95. The number of likely N-dealkylation sites (N-methyl/N-ethyl adjacent to an activating group) is 1. The van der Waals surface area contributed by atoms with Crippen LogP contribution in [-0.2, 0) is 6.54 Å². The summed E-state index contributed by atoms with van der Waals surface area (Å²) in [5.74, 6) is 0.727. The Bertz CT molecular complexity index is 310. The van der Waals surface area contributed by atoms with E-state index in [-0.39, 0.29) is 0 Å². The molecule has 4 heteroatoms. The zero-order chi connectivity index (χ0) is 12.8. The van der Waals surface area contributed by atoms with Gasteiger partial charge in [0.25, 0.3) is 0 Å². The molecule has 0 spiro atoms. The molecule has 0 aliphatic rings. The summed E-state index contributed by atoms with van der Waals surface area (Å²) in [6.07, 6.45) is 1.21. The first-order valence-corrected chi connectivity index (χ1v) is 7.14. The number of rotatable bonds is 7. The van der Waals surface area contributed by atoms with Gasteiger partial charge in [-0.05, 0) is 33.4 Å². The predicted octanol–water partition coefficient (Wildman–Crippen LogP) is 2.52. The van der Waals surface area contributed by atoms with Gasteiger partial charge < -0.3 is 10.2 Å². The lowest BCUT2D eigenvalue weighted by atomic mass is 10.0. The van der Waals surface area contributed by atoms with E-state index < -0.39 is 0 Å². The Morgan fingerprint density at radius 3 is 2.59 bits per heavy atom. The Kier molecular flexibility index (Phi) is 6.09. The highest BCUT2D eigenvalue weighted by Gasteiger charge is 2.12. The Balaban J connectivity index is 2.42. The molecule has 1 atom stereocenters. The molecule has 1 aromatic rings. The third-order valence-electron chi connectivity index (χ3n) is 2.55. The van der Waals surface area contributed by atoms with Crippen LogP contribution >= 0.6 is 11.3 Å². The average molecular weight is 255 g/mol. The SMILES string of the molecule is Cc1csc(CNC(CC(C)C)CN(C)C)n1. The predicted molar refractivity (Wildman–Crippen MR) is 75.5 cm³/mol. The average Bonchev–Trinajstić information content (AvgIpc) is 2.59. The van der Waals surface area contributed by atoms with Crippen LogP contribution in [0, 0.1) is 12.8 Å². The summed E-state index contributed by atoms with van der Waals surface area (Å²) >= 11 is 1.74. The lowest BCUT2D eigenvalue weighted by molar-refractivity contribution is 0.305. The van der Waals surface area contributed by atoms with Crippen LogP contribution in [0.2, 0.25) is 0 Å². The van der Waals surface area contributed by atoms with Crippen LogP contribution < -0.4 is 5.32 Å². The van der Waals surface area contributed by atoms with E-state index in [4.69, 9.17) is 0 Å². The molecule has 0 amide bonds. The molecule has 0 fully saturated rings. The number of hydrogen-bond acceptors (Lipinski definition) is 4. The quantitative estimate of drug-likeness (QED) is 0.811. The van der Waals surface area contributed by atoms with E-state index in [2.05, 4.69) is 48.5 Å². The highest BCUT2D eigenvalue weighted by molar-refractivity contribution is 7.09. The molecular weight excluding hydrogens is 230 g/mol. The molecule has 98 valence electrons. The van der Waals surface area contributed by atoms with Crippen molar-refractivity contribution >= 4 is 11.3 Å². The molecule has 0 saturated heterocycles. The maximum atomic E-state index is 4.48. The van der Waals surface area contributed by atoms with E-state index in [1.807, 2.05) is 6.92 Å². The third-order valence-corrected chi connectivity index (χ3v) is 3.52. The minimum atomic E-state index is 0.550. The second-order valence-electron chi connectivity index (χ2n) is 5.35. The Hall–Kier alpha value is -0.450. The van der Waals surface area contributed by atoms with Gasteiger partial charge in [-0.25, -0.2) is 4.98 Å². The normalized spacial score (nSPS) is 13.6. The van der Waals surface area contributed by atoms with E-state index >= 15 is 0 Å². The molecule has 0 aliphatic carbocycles. The van der Waals surface area contributed by atoms with E-state index in [0.717, 1.165) is 24.7 Å². The van der Waals surface area contributed by atoms with Crippen LogP contribution in [0.5, 0.6) is 0 Å². The lowest BCUT2D eigenvalue weighted by Crippen LogP contribution is -2.38. The van der Waals surface area contributed by atoms with Crippen molar-refractivity contribution in [2.75, 3.05) is 20.6 Å². The van der Waals surface area contributed by atoms with Crippen LogP contribution in [0.3, 0.4) is 0 Å². The largest absolute Gasteiger partial charge is 0.308 e. The van der Waals surface area contributed by atoms with Gasteiger partial charge in [0.05, 0.1) is 0 Å². The Morgan fingerprint density at radius 2 is 2.12 bits per heavy atom. The van der Waals surface area contributed by atoms with Crippen molar-refractivity contribution in [2.24, 2.45) is 5.92 Å². The van der Waals surface area contributed by atoms with E-state index in [1.54, 1.807) is 11.3 Å². The minimum absolute atomic E-state index is 0.550. The van der Waals surface area contributed by atoms with Gasteiger partial charge in [0, 0.05) is 30.2 Å². The molecule has 0 radical (unpaired) electrons. The number of aromatic nitrogens is 1. The van der Waals surface area contributed by atoms with Gasteiger partial charge in [0.1, 0.15) is 5.01 Å². The third kappa shape index (κ3) is 6.15. The van der Waals surface area contributed by atoms with Crippen molar-refractivity contribution in [1.82, 2.24) is 15.2 Å². The summed E-state index contributed by atoms with van der Waals surface area (Å²) in [7, 11) is 4.26. The first-order valence-electron chi connectivity index (χ1n) is 6.26. The number of hydrogen-bond donors (Lipinski definition) is 1. The van der Waals surface area contributed by atoms with Crippen molar-refractivity contribution in [3.05, 3.63) is 16.1 Å². The molecule has 1 N–H and O–H groups in total. The summed E-state index contributed by atoms with van der Waals surface area (Å²) in [4.78, 5) is 6.73. The van der Waals surface area contributed by atoms with E-state index in [1.165, 1.54) is 11.4 Å². The first-order chi connectivity index (χ1) is 7.97. The molecule has 0 aromatic carbocycles. The molecule has 1 unspecified atom stereocenters. The summed E-state index contributed by atoms with van der Waals surface area (Å²) in [6.45, 7) is 8.58. The van der Waals surface area contributed by atoms with Crippen molar-refractivity contribution in [1.29, 1.82) is 0 Å². The Labute approximate surface area is 109 Å². The molecule has 0 aliphatic heterocycles. The maximum Gasteiger partial charge on any atom is 0.107 e. The van der Waals surface area contributed by atoms with Crippen molar-refractivity contribution < 1.29 is 0 Å². The van der Waals surface area contributed by atoms with Gasteiger partial charge in [-0.15, -0.1) is 11.3 Å². The standard InChI is InChI=1S/C13H25N3S/c1-10(2)6-12(8-16(4)5)14-7-13-15-11(3)9-17-13/h9-10,12,14H,6-8H2,1-5H3. The highest BCUT2D eigenvalue weighted by atomic mass is 32.1. The van der Waals surface area contributed by atoms with Gasteiger partial charge in [0.2, 0.25) is 0 Å². The topological polar surface area (TPSA) is 28.2 Å². The van der Waals surface area contributed by atoms with Crippen molar-refractivity contribution in [3.8, 4) is 0 Å². The number of nitrogens with one attached hydrogen (secondary N) is 1. The van der Waals surface area contributed by atoms with Gasteiger partial charge in [0.15, 0.2) is 0 Å². The summed E-state index contributed by atoms with van der Waals surface area (Å²) in [5, 5.41) is 6.92. The van der Waals surface area contributed by atoms with Gasteiger partial charge in [-0.3, -0.25) is 0 Å². The molecule has 0 saturated carbocycles. The molecule has 0 bridgehead atoms. The molecule has 1 rings (SSSR count). The Morgan fingerprint density at radius 1 is 1.41 bits per heavy atom. The van der Waals surface area contributed by atoms with Crippen molar-refractivity contribution in [2.45, 2.75) is 39.8 Å². The molecular formula is C13H25N3S. The second kappa shape index (κ2) is 7.09. The van der Waals surface area contributed by atoms with Crippen molar-refractivity contribution in [3.63, 3.8) is 0 Å². The summed E-state index contributed by atoms with van der Waals surface area (Å²) < 4.78 is 0. The van der Waals surface area contributed by atoms with Crippen LogP contribution in [-0.4, -0.2) is 36.6 Å². The number of aryl methyl sites for hydroxylation is 1. The zero-order valence-electron chi connectivity index (χ0n) is 11.7. The van der Waals surface area contributed by atoms with Gasteiger partial charge in [-0.2, -0.15) is 0 Å². The second-order valence-corrected chi connectivity index (χ2v) is 6.29. The smallest absolute Gasteiger partial charge is 0.107 e. The maximum absolute atomic E-state index is 4.48.